The van der Waals surface area contributed by atoms with E-state index in [4.69, 9.17) is 0 Å². The highest BCUT2D eigenvalue weighted by Crippen LogP contribution is 2.61. The molecule has 0 saturated heterocycles. The molecule has 24 aromatic rings. The van der Waals surface area contributed by atoms with E-state index in [9.17, 15) is 0 Å². The van der Waals surface area contributed by atoms with Gasteiger partial charge in [-0.25, -0.2) is 0 Å². The Bertz CT molecular complexity index is 7350. The quantitative estimate of drug-likeness (QED) is 0.120. The summed E-state index contributed by atoms with van der Waals surface area (Å²) < 4.78 is 0. The Labute approximate surface area is 701 Å². The monoisotopic (exact) mass is 1530 g/mol. The van der Waals surface area contributed by atoms with Crippen LogP contribution in [0.25, 0.3) is 229 Å². The van der Waals surface area contributed by atoms with Crippen LogP contribution in [0.5, 0.6) is 0 Å². The summed E-state index contributed by atoms with van der Waals surface area (Å²) in [5.41, 5.74) is 25.3. The maximum Gasteiger partial charge on any atom is 0.0714 e. The first-order chi connectivity index (χ1) is 60.1. The molecule has 0 aliphatic heterocycles. The van der Waals surface area contributed by atoms with Crippen molar-refractivity contribution in [2.24, 2.45) is 0 Å². The first kappa shape index (κ1) is 68.6. The highest BCUT2D eigenvalue weighted by Gasteiger charge is 2.47. The lowest BCUT2D eigenvalue weighted by Crippen LogP contribution is -2.29. The van der Waals surface area contributed by atoms with Gasteiger partial charge in [-0.2, -0.15) is 0 Å². The summed E-state index contributed by atoms with van der Waals surface area (Å²) in [5, 5.41) is 28.9. The first-order valence-electron chi connectivity index (χ1n) is 42.3. The van der Waals surface area contributed by atoms with Gasteiger partial charge in [0.1, 0.15) is 0 Å². The number of hydrogen-bond acceptors (Lipinski definition) is 0. The van der Waals surface area contributed by atoms with Crippen LogP contribution < -0.4 is 0 Å². The SMILES string of the molecule is c1ccc2c(c1)-c1ccccc1C2(c1cc(-c2c3ccccc3c(-c3cccc4ccccc34)c3ccccc23)cc(-c2c3ccccc3c(-c3cccc4ccccc34)c3ccccc23)c1)c1cc(-c2c3ccccc3c(-c3cccc4ccccc34)c3ccccc23)cc(-c2c3ccccc3c(-c3cccc4ccccc34)c3ccccc23)c1. The summed E-state index contributed by atoms with van der Waals surface area (Å²) in [5.74, 6) is 0. The molecule has 25 rings (SSSR count). The molecule has 0 bridgehead atoms. The molecule has 0 aromatic heterocycles. The summed E-state index contributed by atoms with van der Waals surface area (Å²) in [6.45, 7) is 0. The van der Waals surface area contributed by atoms with Gasteiger partial charge in [0.05, 0.1) is 5.41 Å². The largest absolute Gasteiger partial charge is 0.0714 e. The summed E-state index contributed by atoms with van der Waals surface area (Å²) in [7, 11) is 0. The van der Waals surface area contributed by atoms with Gasteiger partial charge in [0.15, 0.2) is 0 Å². The van der Waals surface area contributed by atoms with Gasteiger partial charge in [0.25, 0.3) is 0 Å². The van der Waals surface area contributed by atoms with Gasteiger partial charge >= 0.3 is 0 Å². The zero-order valence-corrected chi connectivity index (χ0v) is 66.2. The van der Waals surface area contributed by atoms with E-state index in [0.717, 1.165) is 22.3 Å². The van der Waals surface area contributed by atoms with Crippen molar-refractivity contribution in [3.8, 4) is 100 Å². The zero-order valence-electron chi connectivity index (χ0n) is 66.2. The van der Waals surface area contributed by atoms with Crippen molar-refractivity contribution in [3.05, 3.63) is 471 Å². The fourth-order valence-corrected chi connectivity index (χ4v) is 22.0. The third kappa shape index (κ3) is 10.3. The Kier molecular flexibility index (Phi) is 15.4. The van der Waals surface area contributed by atoms with Crippen LogP contribution in [-0.4, -0.2) is 0 Å². The Hall–Kier alpha value is -15.6. The lowest BCUT2D eigenvalue weighted by molar-refractivity contribution is 0.770. The highest BCUT2D eigenvalue weighted by atomic mass is 14.5. The van der Waals surface area contributed by atoms with Gasteiger partial charge in [0.2, 0.25) is 0 Å². The average Bonchev–Trinajstić information content (AvgIpc) is 1.52. The molecule has 558 valence electrons. The summed E-state index contributed by atoms with van der Waals surface area (Å²) in [4.78, 5) is 0. The second-order valence-electron chi connectivity index (χ2n) is 32.9. The molecule has 0 unspecified atom stereocenters. The molecule has 1 aliphatic carbocycles. The third-order valence-electron chi connectivity index (χ3n) is 26.8. The number of hydrogen-bond donors (Lipinski definition) is 0. The molecule has 0 nitrogen and oxygen atoms in total. The van der Waals surface area contributed by atoms with E-state index in [1.165, 1.54) is 229 Å². The molecule has 0 saturated carbocycles. The van der Waals surface area contributed by atoms with Gasteiger partial charge in [0, 0.05) is 0 Å². The lowest BCUT2D eigenvalue weighted by Gasteiger charge is -2.36. The Morgan fingerprint density at radius 1 is 0.116 bits per heavy atom. The van der Waals surface area contributed by atoms with Crippen LogP contribution in [0, 0.1) is 0 Å². The molecule has 0 radical (unpaired) electrons. The summed E-state index contributed by atoms with van der Waals surface area (Å²) >= 11 is 0. The van der Waals surface area contributed by atoms with Crippen LogP contribution in [0.1, 0.15) is 22.3 Å². The van der Waals surface area contributed by atoms with Crippen LogP contribution in [0.15, 0.2) is 449 Å². The minimum atomic E-state index is -1.02. The normalized spacial score (nSPS) is 12.5. The van der Waals surface area contributed by atoms with Crippen molar-refractivity contribution in [1.82, 2.24) is 0 Å². The first-order valence-corrected chi connectivity index (χ1v) is 42.3. The molecule has 121 heavy (non-hydrogen) atoms. The molecular formula is C121H74. The number of rotatable bonds is 10. The van der Waals surface area contributed by atoms with Gasteiger partial charge < -0.3 is 0 Å². The number of benzene rings is 24. The van der Waals surface area contributed by atoms with Gasteiger partial charge in [-0.15, -0.1) is 0 Å². The lowest BCUT2D eigenvalue weighted by atomic mass is 9.65. The topological polar surface area (TPSA) is 0 Å². The summed E-state index contributed by atoms with van der Waals surface area (Å²) in [6.07, 6.45) is 0. The van der Waals surface area contributed by atoms with Crippen molar-refractivity contribution in [3.63, 3.8) is 0 Å². The number of fused-ring (bicyclic) bond motifs is 15. The molecule has 0 N–H and O–H groups in total. The maximum atomic E-state index is 2.64. The molecule has 0 heterocycles. The van der Waals surface area contributed by atoms with Gasteiger partial charge in [-0.3, -0.25) is 0 Å². The van der Waals surface area contributed by atoms with E-state index in [0.29, 0.717) is 0 Å². The Morgan fingerprint density at radius 2 is 0.273 bits per heavy atom. The smallest absolute Gasteiger partial charge is 0.0619 e. The second kappa shape index (κ2) is 27.2. The predicted octanol–water partition coefficient (Wildman–Crippen LogP) is 33.2. The highest BCUT2D eigenvalue weighted by molar-refractivity contribution is 6.29. The molecular weight excluding hydrogens is 1450 g/mol. The molecule has 24 aromatic carbocycles. The minimum Gasteiger partial charge on any atom is -0.0619 e. The second-order valence-corrected chi connectivity index (χ2v) is 32.9. The van der Waals surface area contributed by atoms with Crippen LogP contribution >= 0.6 is 0 Å². The van der Waals surface area contributed by atoms with Crippen LogP contribution in [0.4, 0.5) is 0 Å². The molecule has 1 aliphatic rings. The van der Waals surface area contributed by atoms with Gasteiger partial charge in [-0.05, 0) is 288 Å². The molecule has 0 spiro atoms. The standard InChI is InChI=1S/C121H74/c1-5-41-85-75(33-1)37-29-63-91(85)117-103-55-17-9-47-95(103)113(96-48-10-18-56-104(96)117)79-69-80(114-97-49-11-19-57-105(97)118(106-58-20-12-50-98(106)114)92-64-30-38-76-34-2-6-42-86(76)92)72-83(71-79)121(111-67-27-25-45-89(111)90-46-26-28-68-112(90)121)84-73-81(115-99-51-13-21-59-107(99)119(108-60-22-14-52-100(108)115)93-65-31-39-77-35-3-7-43-87(77)93)70-82(74-84)116-101-53-15-23-61-109(101)120(110-62-24-16-54-102(110)116)94-66-32-40-78-36-4-8-44-88(78)94/h1-74H. The van der Waals surface area contributed by atoms with E-state index >= 15 is 0 Å². The zero-order chi connectivity index (χ0) is 79.4. The van der Waals surface area contributed by atoms with Crippen molar-refractivity contribution in [2.45, 2.75) is 5.41 Å². The van der Waals surface area contributed by atoms with E-state index < -0.39 is 5.41 Å². The van der Waals surface area contributed by atoms with E-state index in [2.05, 4.69) is 449 Å². The van der Waals surface area contributed by atoms with Crippen molar-refractivity contribution < 1.29 is 0 Å². The van der Waals surface area contributed by atoms with E-state index in [1.807, 2.05) is 0 Å². The molecule has 0 heteroatoms. The molecule has 0 fully saturated rings. The van der Waals surface area contributed by atoms with E-state index in [-0.39, 0.29) is 0 Å². The minimum absolute atomic E-state index is 1.02. The Balaban J connectivity index is 0.864. The van der Waals surface area contributed by atoms with Crippen LogP contribution in [0.2, 0.25) is 0 Å². The van der Waals surface area contributed by atoms with Crippen molar-refractivity contribution >= 4 is 129 Å². The van der Waals surface area contributed by atoms with Crippen LogP contribution in [0.3, 0.4) is 0 Å². The van der Waals surface area contributed by atoms with E-state index in [1.54, 1.807) is 0 Å². The summed E-state index contributed by atoms with van der Waals surface area (Å²) in [6, 6.07) is 172. The Morgan fingerprint density at radius 3 is 0.488 bits per heavy atom. The van der Waals surface area contributed by atoms with Crippen molar-refractivity contribution in [2.75, 3.05) is 0 Å². The maximum absolute atomic E-state index is 2.64. The van der Waals surface area contributed by atoms with Crippen molar-refractivity contribution in [1.29, 1.82) is 0 Å². The average molecular weight is 1530 g/mol. The molecule has 0 atom stereocenters. The predicted molar refractivity (Wildman–Crippen MR) is 517 cm³/mol. The fraction of sp³-hybridized carbons (Fsp3) is 0.00826. The molecule has 0 amide bonds. The van der Waals surface area contributed by atoms with Crippen LogP contribution in [-0.2, 0) is 5.41 Å². The fourth-order valence-electron chi connectivity index (χ4n) is 22.0. The third-order valence-corrected chi connectivity index (χ3v) is 26.8. The van der Waals surface area contributed by atoms with Gasteiger partial charge in [-0.1, -0.05) is 413 Å².